The molecule has 0 atom stereocenters. The Hall–Kier alpha value is -4.27. The Labute approximate surface area is 214 Å². The molecule has 1 aliphatic heterocycles. The van der Waals surface area contributed by atoms with Crippen LogP contribution in [0.2, 0.25) is 0 Å². The molecule has 6 heterocycles. The Balaban J connectivity index is 1.34. The SMILES string of the molecule is CCCCC(=O)Nc1cncc(-c2ccc3[nH]nc(-c4cc5c(N6CCCCC6)ccnc5[nH]4)c3n2)c1. The van der Waals surface area contributed by atoms with Gasteiger partial charge < -0.3 is 15.2 Å². The van der Waals surface area contributed by atoms with Crippen molar-refractivity contribution in [1.29, 1.82) is 0 Å². The van der Waals surface area contributed by atoms with Crippen LogP contribution in [0.5, 0.6) is 0 Å². The Morgan fingerprint density at radius 1 is 1.11 bits per heavy atom. The fourth-order valence-electron chi connectivity index (χ4n) is 5.01. The molecule has 0 bridgehead atoms. The zero-order chi connectivity index (χ0) is 25.2. The minimum Gasteiger partial charge on any atom is -0.371 e. The third kappa shape index (κ3) is 4.64. The van der Waals surface area contributed by atoms with E-state index in [-0.39, 0.29) is 5.91 Å². The van der Waals surface area contributed by atoms with E-state index in [4.69, 9.17) is 4.98 Å². The van der Waals surface area contributed by atoms with Crippen molar-refractivity contribution in [3.8, 4) is 22.6 Å². The molecule has 1 fully saturated rings. The van der Waals surface area contributed by atoms with Gasteiger partial charge in [-0.25, -0.2) is 9.97 Å². The maximum absolute atomic E-state index is 12.2. The van der Waals surface area contributed by atoms with E-state index in [0.29, 0.717) is 12.1 Å². The largest absolute Gasteiger partial charge is 0.371 e. The Morgan fingerprint density at radius 3 is 2.86 bits per heavy atom. The zero-order valence-electron chi connectivity index (χ0n) is 20.9. The number of unbranched alkanes of at least 4 members (excludes halogenated alkanes) is 1. The van der Waals surface area contributed by atoms with Crippen molar-refractivity contribution in [3.05, 3.63) is 48.9 Å². The van der Waals surface area contributed by atoms with Gasteiger partial charge in [0.1, 0.15) is 16.9 Å². The molecule has 9 heteroatoms. The van der Waals surface area contributed by atoms with Gasteiger partial charge >= 0.3 is 0 Å². The number of pyridine rings is 3. The highest BCUT2D eigenvalue weighted by Gasteiger charge is 2.19. The minimum absolute atomic E-state index is 0.00215. The molecule has 0 spiro atoms. The van der Waals surface area contributed by atoms with E-state index >= 15 is 0 Å². The van der Waals surface area contributed by atoms with Gasteiger partial charge in [-0.3, -0.25) is 14.9 Å². The Bertz CT molecular complexity index is 1560. The zero-order valence-corrected chi connectivity index (χ0v) is 20.9. The Kier molecular flexibility index (Phi) is 6.26. The molecule has 6 rings (SSSR count). The van der Waals surface area contributed by atoms with Crippen molar-refractivity contribution in [2.75, 3.05) is 23.3 Å². The fourth-order valence-corrected chi connectivity index (χ4v) is 5.01. The van der Waals surface area contributed by atoms with E-state index in [1.54, 1.807) is 12.4 Å². The number of rotatable bonds is 7. The van der Waals surface area contributed by atoms with Crippen LogP contribution < -0.4 is 10.2 Å². The highest BCUT2D eigenvalue weighted by atomic mass is 16.1. The summed E-state index contributed by atoms with van der Waals surface area (Å²) in [6.07, 6.45) is 11.4. The van der Waals surface area contributed by atoms with E-state index in [1.807, 2.05) is 24.4 Å². The molecule has 5 aromatic heterocycles. The lowest BCUT2D eigenvalue weighted by Gasteiger charge is -2.29. The van der Waals surface area contributed by atoms with Crippen LogP contribution in [0.25, 0.3) is 44.7 Å². The molecule has 1 saturated heterocycles. The van der Waals surface area contributed by atoms with Gasteiger partial charge in [-0.15, -0.1) is 0 Å². The number of carbonyl (C=O) groups is 1. The second-order valence-corrected chi connectivity index (χ2v) is 9.60. The first-order valence-electron chi connectivity index (χ1n) is 13.0. The van der Waals surface area contributed by atoms with Gasteiger partial charge in [0.2, 0.25) is 5.91 Å². The van der Waals surface area contributed by atoms with Gasteiger partial charge in [0.15, 0.2) is 0 Å². The smallest absolute Gasteiger partial charge is 0.224 e. The average molecular weight is 495 g/mol. The molecule has 188 valence electrons. The quantitative estimate of drug-likeness (QED) is 0.268. The first-order valence-corrected chi connectivity index (χ1v) is 13.0. The summed E-state index contributed by atoms with van der Waals surface area (Å²) >= 11 is 0. The molecule has 1 aliphatic rings. The van der Waals surface area contributed by atoms with Crippen molar-refractivity contribution in [1.82, 2.24) is 30.1 Å². The lowest BCUT2D eigenvalue weighted by Crippen LogP contribution is -2.29. The molecule has 0 aromatic carbocycles. The van der Waals surface area contributed by atoms with Crippen molar-refractivity contribution in [2.45, 2.75) is 45.4 Å². The molecule has 0 unspecified atom stereocenters. The molecule has 1 amide bonds. The first kappa shape index (κ1) is 23.1. The topological polar surface area (TPSA) is 115 Å². The van der Waals surface area contributed by atoms with Gasteiger partial charge in [0.25, 0.3) is 0 Å². The average Bonchev–Trinajstić information content (AvgIpc) is 3.56. The van der Waals surface area contributed by atoms with E-state index in [0.717, 1.165) is 70.6 Å². The highest BCUT2D eigenvalue weighted by molar-refractivity contribution is 5.98. The molecule has 3 N–H and O–H groups in total. The number of anilines is 2. The molecule has 9 nitrogen and oxygen atoms in total. The number of aromatic nitrogens is 6. The first-order chi connectivity index (χ1) is 18.2. The summed E-state index contributed by atoms with van der Waals surface area (Å²) in [6, 6.07) is 10.0. The number of carbonyl (C=O) groups excluding carboxylic acids is 1. The summed E-state index contributed by atoms with van der Waals surface area (Å²) in [4.78, 5) is 31.9. The van der Waals surface area contributed by atoms with Crippen LogP contribution >= 0.6 is 0 Å². The third-order valence-electron chi connectivity index (χ3n) is 6.94. The number of hydrogen-bond acceptors (Lipinski definition) is 6. The molecule has 0 radical (unpaired) electrons. The second-order valence-electron chi connectivity index (χ2n) is 9.60. The van der Waals surface area contributed by atoms with E-state index in [1.165, 1.54) is 24.9 Å². The summed E-state index contributed by atoms with van der Waals surface area (Å²) in [5, 5.41) is 11.7. The van der Waals surface area contributed by atoms with Gasteiger partial charge in [-0.2, -0.15) is 5.10 Å². The van der Waals surface area contributed by atoms with Crippen LogP contribution in [0, 0.1) is 0 Å². The van der Waals surface area contributed by atoms with Gasteiger partial charge in [0, 0.05) is 48.5 Å². The van der Waals surface area contributed by atoms with Crippen LogP contribution in [0.4, 0.5) is 11.4 Å². The van der Waals surface area contributed by atoms with Crippen LogP contribution in [-0.2, 0) is 4.79 Å². The number of nitrogens with zero attached hydrogens (tertiary/aromatic N) is 5. The van der Waals surface area contributed by atoms with Gasteiger partial charge in [-0.05, 0) is 56.0 Å². The molecular formula is C28H30N8O. The normalized spacial score (nSPS) is 13.9. The number of piperidine rings is 1. The maximum atomic E-state index is 12.2. The van der Waals surface area contributed by atoms with E-state index in [2.05, 4.69) is 54.4 Å². The summed E-state index contributed by atoms with van der Waals surface area (Å²) in [5.74, 6) is -0.00215. The second kappa shape index (κ2) is 10.0. The standard InChI is InChI=1S/C28H30N8O/c1-2-3-7-25(37)31-19-14-18(16-29-17-19)21-8-9-22-26(32-21)27(35-34-22)23-15-20-24(10-11-30-28(20)33-23)36-12-5-4-6-13-36/h8-11,14-17H,2-7,12-13H2,1H3,(H,30,33)(H,31,37)(H,34,35). The minimum atomic E-state index is -0.00215. The summed E-state index contributed by atoms with van der Waals surface area (Å²) in [5.41, 5.74) is 7.54. The van der Waals surface area contributed by atoms with Gasteiger partial charge in [-0.1, -0.05) is 13.3 Å². The number of fused-ring (bicyclic) bond motifs is 2. The number of aromatic amines is 2. The predicted octanol–water partition coefficient (Wildman–Crippen LogP) is 5.68. The molecule has 0 saturated carbocycles. The van der Waals surface area contributed by atoms with Crippen LogP contribution in [-0.4, -0.2) is 49.1 Å². The Morgan fingerprint density at radius 2 is 2.00 bits per heavy atom. The van der Waals surface area contributed by atoms with Gasteiger partial charge in [0.05, 0.1) is 28.8 Å². The molecule has 37 heavy (non-hydrogen) atoms. The summed E-state index contributed by atoms with van der Waals surface area (Å²) in [7, 11) is 0. The summed E-state index contributed by atoms with van der Waals surface area (Å²) < 4.78 is 0. The van der Waals surface area contributed by atoms with E-state index in [9.17, 15) is 4.79 Å². The number of amides is 1. The monoisotopic (exact) mass is 494 g/mol. The van der Waals surface area contributed by atoms with Crippen LogP contribution in [0.1, 0.15) is 45.4 Å². The predicted molar refractivity (Wildman–Crippen MR) is 146 cm³/mol. The van der Waals surface area contributed by atoms with Crippen LogP contribution in [0.15, 0.2) is 48.9 Å². The van der Waals surface area contributed by atoms with Crippen LogP contribution in [0.3, 0.4) is 0 Å². The van der Waals surface area contributed by atoms with Crippen molar-refractivity contribution >= 4 is 39.3 Å². The van der Waals surface area contributed by atoms with Crippen molar-refractivity contribution in [2.24, 2.45) is 0 Å². The lowest BCUT2D eigenvalue weighted by molar-refractivity contribution is -0.116. The lowest BCUT2D eigenvalue weighted by atomic mass is 10.1. The highest BCUT2D eigenvalue weighted by Crippen LogP contribution is 2.33. The fraction of sp³-hybridized carbons (Fsp3) is 0.321. The number of H-pyrrole nitrogens is 2. The summed E-state index contributed by atoms with van der Waals surface area (Å²) in [6.45, 7) is 4.21. The number of nitrogens with one attached hydrogen (secondary N) is 3. The molecular weight excluding hydrogens is 464 g/mol. The molecule has 0 aliphatic carbocycles. The third-order valence-corrected chi connectivity index (χ3v) is 6.94. The molecule has 5 aromatic rings. The maximum Gasteiger partial charge on any atom is 0.224 e. The van der Waals surface area contributed by atoms with E-state index < -0.39 is 0 Å². The number of hydrogen-bond donors (Lipinski definition) is 3. The van der Waals surface area contributed by atoms with Crippen molar-refractivity contribution < 1.29 is 4.79 Å². The van der Waals surface area contributed by atoms with Crippen molar-refractivity contribution in [3.63, 3.8) is 0 Å².